The summed E-state index contributed by atoms with van der Waals surface area (Å²) in [5, 5.41) is 17.4. The zero-order valence-electron chi connectivity index (χ0n) is 13.4. The second-order valence-corrected chi connectivity index (χ2v) is 5.52. The van der Waals surface area contributed by atoms with E-state index in [0.29, 0.717) is 16.0 Å². The molecule has 2 aromatic carbocycles. The Labute approximate surface area is 152 Å². The normalized spacial score (nSPS) is 9.56. The third-order valence-electron chi connectivity index (χ3n) is 3.07. The van der Waals surface area contributed by atoms with Crippen molar-refractivity contribution in [3.8, 4) is 11.5 Å². The van der Waals surface area contributed by atoms with Crippen LogP contribution in [0.4, 0.5) is 11.4 Å². The number of hydrogen-bond donors (Lipinski definition) is 4. The highest BCUT2D eigenvalue weighted by molar-refractivity contribution is 9.10. The number of nitrogens with two attached hydrogens (primary N) is 2. The van der Waals surface area contributed by atoms with Crippen molar-refractivity contribution in [3.63, 3.8) is 0 Å². The molecule has 0 bridgehead atoms. The molecule has 0 saturated carbocycles. The molecule has 0 heterocycles. The molecule has 0 aliphatic heterocycles. The minimum atomic E-state index is -1.07. The standard InChI is InChI=1S/C8H8BrNO3.C8H9NO3/c1-13-6-3-4(9)2-5(7(6)10)8(11)12;1-12-6-4-2-3-5(7(6)9)8(10)11/h2-3H,10H2,1H3,(H,11,12);2-4H,9H2,1H3,(H,10,11). The van der Waals surface area contributed by atoms with Crippen molar-refractivity contribution in [1.82, 2.24) is 0 Å². The van der Waals surface area contributed by atoms with E-state index in [2.05, 4.69) is 15.9 Å². The summed E-state index contributed by atoms with van der Waals surface area (Å²) < 4.78 is 10.4. The Morgan fingerprint density at radius 2 is 1.44 bits per heavy atom. The van der Waals surface area contributed by atoms with Crippen LogP contribution in [0.15, 0.2) is 34.8 Å². The molecule has 0 radical (unpaired) electrons. The van der Waals surface area contributed by atoms with Gasteiger partial charge in [0.25, 0.3) is 0 Å². The Bertz CT molecular complexity index is 794. The molecule has 0 atom stereocenters. The second-order valence-electron chi connectivity index (χ2n) is 4.60. The van der Waals surface area contributed by atoms with Crippen molar-refractivity contribution >= 4 is 39.2 Å². The molecule has 6 N–H and O–H groups in total. The zero-order valence-corrected chi connectivity index (χ0v) is 15.0. The maximum atomic E-state index is 10.7. The van der Waals surface area contributed by atoms with Crippen LogP contribution in [-0.4, -0.2) is 36.4 Å². The van der Waals surface area contributed by atoms with Crippen LogP contribution in [0.25, 0.3) is 0 Å². The van der Waals surface area contributed by atoms with Gasteiger partial charge in [-0.2, -0.15) is 0 Å². The summed E-state index contributed by atoms with van der Waals surface area (Å²) in [7, 11) is 2.88. The van der Waals surface area contributed by atoms with Crippen LogP contribution in [0.5, 0.6) is 11.5 Å². The molecule has 0 spiro atoms. The van der Waals surface area contributed by atoms with Crippen LogP contribution in [0.2, 0.25) is 0 Å². The number of nitrogen functional groups attached to an aromatic ring is 2. The number of carboxylic acids is 2. The number of rotatable bonds is 4. The second kappa shape index (κ2) is 8.78. The molecule has 9 heteroatoms. The fourth-order valence-electron chi connectivity index (χ4n) is 1.85. The van der Waals surface area contributed by atoms with Gasteiger partial charge < -0.3 is 31.2 Å². The van der Waals surface area contributed by atoms with Crippen molar-refractivity contribution in [3.05, 3.63) is 45.9 Å². The molecule has 0 aliphatic carbocycles. The first-order valence-corrected chi connectivity index (χ1v) is 7.54. The lowest BCUT2D eigenvalue weighted by molar-refractivity contribution is 0.0687. The summed E-state index contributed by atoms with van der Waals surface area (Å²) in [6.07, 6.45) is 0. The summed E-state index contributed by atoms with van der Waals surface area (Å²) in [5.41, 5.74) is 11.4. The lowest BCUT2D eigenvalue weighted by Gasteiger charge is -2.07. The molecule has 0 saturated heterocycles. The maximum Gasteiger partial charge on any atom is 0.337 e. The number of carboxylic acid groups (broad SMARTS) is 2. The first-order chi connectivity index (χ1) is 11.7. The lowest BCUT2D eigenvalue weighted by atomic mass is 10.1. The summed E-state index contributed by atoms with van der Waals surface area (Å²) in [6, 6.07) is 7.67. The highest BCUT2D eigenvalue weighted by Gasteiger charge is 2.13. The molecule has 2 rings (SSSR count). The van der Waals surface area contributed by atoms with Gasteiger partial charge >= 0.3 is 11.9 Å². The van der Waals surface area contributed by atoms with Gasteiger partial charge in [-0.3, -0.25) is 0 Å². The Morgan fingerprint density at radius 3 is 1.92 bits per heavy atom. The number of aromatic carboxylic acids is 2. The quantitative estimate of drug-likeness (QED) is 0.560. The smallest absolute Gasteiger partial charge is 0.337 e. The minimum Gasteiger partial charge on any atom is -0.495 e. The Morgan fingerprint density at radius 1 is 0.920 bits per heavy atom. The topological polar surface area (TPSA) is 145 Å². The van der Waals surface area contributed by atoms with Crippen LogP contribution in [0.1, 0.15) is 20.7 Å². The van der Waals surface area contributed by atoms with Gasteiger partial charge in [0.1, 0.15) is 11.5 Å². The average molecular weight is 413 g/mol. The van der Waals surface area contributed by atoms with Crippen LogP contribution in [0.3, 0.4) is 0 Å². The summed E-state index contributed by atoms with van der Waals surface area (Å²) in [5.74, 6) is -1.38. The monoisotopic (exact) mass is 412 g/mol. The van der Waals surface area contributed by atoms with Crippen molar-refractivity contribution < 1.29 is 29.3 Å². The molecule has 0 aromatic heterocycles. The summed E-state index contributed by atoms with van der Waals surface area (Å²) in [6.45, 7) is 0. The van der Waals surface area contributed by atoms with Gasteiger partial charge in [-0.25, -0.2) is 9.59 Å². The fraction of sp³-hybridized carbons (Fsp3) is 0.125. The number of benzene rings is 2. The average Bonchev–Trinajstić information content (AvgIpc) is 2.56. The lowest BCUT2D eigenvalue weighted by Crippen LogP contribution is -2.04. The molecule has 0 aliphatic rings. The van der Waals surface area contributed by atoms with E-state index in [1.54, 1.807) is 18.2 Å². The minimum absolute atomic E-state index is 0.0335. The number of ether oxygens (including phenoxy) is 2. The highest BCUT2D eigenvalue weighted by Crippen LogP contribution is 2.29. The Hall–Kier alpha value is -2.94. The number of carbonyl (C=O) groups is 2. The largest absolute Gasteiger partial charge is 0.495 e. The summed E-state index contributed by atoms with van der Waals surface area (Å²) >= 11 is 3.16. The van der Waals surface area contributed by atoms with Crippen LogP contribution in [0, 0.1) is 0 Å². The molecule has 25 heavy (non-hydrogen) atoms. The Kier molecular flexibility index (Phi) is 7.06. The van der Waals surface area contributed by atoms with Gasteiger partial charge in [-0.15, -0.1) is 0 Å². The van der Waals surface area contributed by atoms with E-state index in [1.807, 2.05) is 0 Å². The number of hydrogen-bond acceptors (Lipinski definition) is 6. The number of methoxy groups -OCH3 is 2. The fourth-order valence-corrected chi connectivity index (χ4v) is 2.28. The van der Waals surface area contributed by atoms with Gasteiger partial charge in [0.15, 0.2) is 0 Å². The predicted molar refractivity (Wildman–Crippen MR) is 96.4 cm³/mol. The Balaban J connectivity index is 0.000000251. The third-order valence-corrected chi connectivity index (χ3v) is 3.53. The first kappa shape index (κ1) is 20.1. The zero-order chi connectivity index (χ0) is 19.1. The molecule has 2 aromatic rings. The van der Waals surface area contributed by atoms with Gasteiger partial charge in [0, 0.05) is 4.47 Å². The molecular weight excluding hydrogens is 396 g/mol. The van der Waals surface area contributed by atoms with Gasteiger partial charge in [0.2, 0.25) is 0 Å². The van der Waals surface area contributed by atoms with Crippen molar-refractivity contribution in [1.29, 1.82) is 0 Å². The van der Waals surface area contributed by atoms with E-state index in [-0.39, 0.29) is 22.5 Å². The molecule has 0 amide bonds. The van der Waals surface area contributed by atoms with E-state index in [1.165, 1.54) is 26.4 Å². The van der Waals surface area contributed by atoms with E-state index in [9.17, 15) is 9.59 Å². The van der Waals surface area contributed by atoms with Crippen LogP contribution in [-0.2, 0) is 0 Å². The molecule has 8 nitrogen and oxygen atoms in total. The highest BCUT2D eigenvalue weighted by atomic mass is 79.9. The van der Waals surface area contributed by atoms with Crippen molar-refractivity contribution in [2.75, 3.05) is 25.7 Å². The van der Waals surface area contributed by atoms with E-state index in [0.717, 1.165) is 0 Å². The maximum absolute atomic E-state index is 10.7. The number of para-hydroxylation sites is 1. The van der Waals surface area contributed by atoms with Crippen molar-refractivity contribution in [2.45, 2.75) is 0 Å². The van der Waals surface area contributed by atoms with Crippen molar-refractivity contribution in [2.24, 2.45) is 0 Å². The van der Waals surface area contributed by atoms with E-state index in [4.69, 9.17) is 31.2 Å². The third kappa shape index (κ3) is 5.01. The van der Waals surface area contributed by atoms with E-state index < -0.39 is 11.9 Å². The number of halogens is 1. The van der Waals surface area contributed by atoms with Crippen LogP contribution >= 0.6 is 15.9 Å². The number of anilines is 2. The molecule has 0 unspecified atom stereocenters. The van der Waals surface area contributed by atoms with Gasteiger partial charge in [-0.05, 0) is 24.3 Å². The van der Waals surface area contributed by atoms with Crippen LogP contribution < -0.4 is 20.9 Å². The SMILES string of the molecule is COc1cc(Br)cc(C(=O)O)c1N.COc1cccc(C(=O)O)c1N. The predicted octanol–water partition coefficient (Wildman–Crippen LogP) is 2.71. The first-order valence-electron chi connectivity index (χ1n) is 6.75. The molecule has 0 fully saturated rings. The molecule has 134 valence electrons. The van der Waals surface area contributed by atoms with E-state index >= 15 is 0 Å². The van der Waals surface area contributed by atoms with Gasteiger partial charge in [0.05, 0.1) is 36.7 Å². The summed E-state index contributed by atoms with van der Waals surface area (Å²) in [4.78, 5) is 21.2. The molecular formula is C16H17BrN2O6. The van der Waals surface area contributed by atoms with Gasteiger partial charge in [-0.1, -0.05) is 22.0 Å².